The van der Waals surface area contributed by atoms with Crippen LogP contribution in [0.5, 0.6) is 0 Å². The lowest BCUT2D eigenvalue weighted by molar-refractivity contribution is 1.16. The van der Waals surface area contributed by atoms with Crippen LogP contribution in [0.15, 0.2) is 49.1 Å². The van der Waals surface area contributed by atoms with Crippen LogP contribution < -0.4 is 11.1 Å². The van der Waals surface area contributed by atoms with E-state index >= 15 is 0 Å². The van der Waals surface area contributed by atoms with Crippen LogP contribution in [0, 0.1) is 6.92 Å². The number of nitrogens with one attached hydrogen (secondary N) is 1. The molecule has 0 spiro atoms. The highest BCUT2D eigenvalue weighted by Gasteiger charge is 2.07. The van der Waals surface area contributed by atoms with E-state index in [2.05, 4.69) is 33.3 Å². The summed E-state index contributed by atoms with van der Waals surface area (Å²) in [6, 6.07) is 9.85. The van der Waals surface area contributed by atoms with Crippen molar-refractivity contribution in [3.63, 3.8) is 0 Å². The molecular formula is C17H17N5. The van der Waals surface area contributed by atoms with Gasteiger partial charge in [-0.3, -0.25) is 4.98 Å². The van der Waals surface area contributed by atoms with Crippen LogP contribution in [0.3, 0.4) is 0 Å². The highest BCUT2D eigenvalue weighted by Crippen LogP contribution is 2.28. The monoisotopic (exact) mass is 291 g/mol. The molecule has 5 heteroatoms. The van der Waals surface area contributed by atoms with E-state index in [1.165, 1.54) is 0 Å². The molecule has 2 heterocycles. The second kappa shape index (κ2) is 5.81. The lowest BCUT2D eigenvalue weighted by atomic mass is 9.99. The number of nitrogens with zero attached hydrogens (tertiary/aromatic N) is 3. The molecule has 0 aliphatic heterocycles. The highest BCUT2D eigenvalue weighted by atomic mass is 15.0. The number of rotatable bonds is 3. The maximum atomic E-state index is 5.90. The predicted molar refractivity (Wildman–Crippen MR) is 89.4 cm³/mol. The van der Waals surface area contributed by atoms with Crippen LogP contribution in [0.2, 0.25) is 0 Å². The lowest BCUT2D eigenvalue weighted by Gasteiger charge is -2.09. The number of aromatic nitrogens is 3. The van der Waals surface area contributed by atoms with Gasteiger partial charge in [-0.15, -0.1) is 0 Å². The van der Waals surface area contributed by atoms with Gasteiger partial charge in [0.2, 0.25) is 0 Å². The second-order valence-electron chi connectivity index (χ2n) is 5.08. The summed E-state index contributed by atoms with van der Waals surface area (Å²) in [4.78, 5) is 12.8. The first-order valence-corrected chi connectivity index (χ1v) is 6.99. The summed E-state index contributed by atoms with van der Waals surface area (Å²) in [5, 5.41) is 3.01. The first kappa shape index (κ1) is 14.0. The molecule has 3 aromatic rings. The molecule has 0 radical (unpaired) electrons. The van der Waals surface area contributed by atoms with Gasteiger partial charge in [-0.2, -0.15) is 0 Å². The molecule has 0 aliphatic carbocycles. The Bertz CT molecular complexity index is 814. The third-order valence-corrected chi connectivity index (χ3v) is 3.53. The van der Waals surface area contributed by atoms with Crippen LogP contribution in [0.1, 0.15) is 5.56 Å². The molecule has 0 fully saturated rings. The molecule has 5 nitrogen and oxygen atoms in total. The molecule has 2 aromatic heterocycles. The van der Waals surface area contributed by atoms with Crippen LogP contribution in [-0.2, 0) is 0 Å². The smallest absolute Gasteiger partial charge is 0.129 e. The third-order valence-electron chi connectivity index (χ3n) is 3.53. The Balaban J connectivity index is 2.07. The topological polar surface area (TPSA) is 76.7 Å². The van der Waals surface area contributed by atoms with Crippen molar-refractivity contribution in [2.75, 3.05) is 18.1 Å². The van der Waals surface area contributed by atoms with E-state index in [1.54, 1.807) is 12.5 Å². The molecule has 110 valence electrons. The molecule has 0 amide bonds. The number of hydrogen-bond donors (Lipinski definition) is 2. The molecule has 0 saturated heterocycles. The molecule has 0 atom stereocenters. The van der Waals surface area contributed by atoms with Crippen molar-refractivity contribution in [3.05, 3.63) is 54.6 Å². The van der Waals surface area contributed by atoms with Crippen LogP contribution in [-0.4, -0.2) is 22.0 Å². The van der Waals surface area contributed by atoms with Crippen molar-refractivity contribution < 1.29 is 0 Å². The Labute approximate surface area is 129 Å². The lowest BCUT2D eigenvalue weighted by Crippen LogP contribution is -1.95. The summed E-state index contributed by atoms with van der Waals surface area (Å²) in [6.07, 6.45) is 5.18. The van der Waals surface area contributed by atoms with Gasteiger partial charge in [0.25, 0.3) is 0 Å². The predicted octanol–water partition coefficient (Wildman–Crippen LogP) is 3.14. The fraction of sp³-hybridized carbons (Fsp3) is 0.118. The van der Waals surface area contributed by atoms with E-state index in [-0.39, 0.29) is 0 Å². The number of aryl methyl sites for hydroxylation is 1. The van der Waals surface area contributed by atoms with Gasteiger partial charge in [0.15, 0.2) is 0 Å². The zero-order valence-corrected chi connectivity index (χ0v) is 12.5. The molecule has 0 bridgehead atoms. The molecule has 22 heavy (non-hydrogen) atoms. The quantitative estimate of drug-likeness (QED) is 0.725. The summed E-state index contributed by atoms with van der Waals surface area (Å²) in [6.45, 7) is 2.06. The van der Waals surface area contributed by atoms with Gasteiger partial charge >= 0.3 is 0 Å². The average molecular weight is 291 g/mol. The molecule has 3 rings (SSSR count). The Morgan fingerprint density at radius 1 is 1.00 bits per heavy atom. The van der Waals surface area contributed by atoms with Gasteiger partial charge in [-0.05, 0) is 36.2 Å². The minimum Gasteiger partial charge on any atom is -0.399 e. The fourth-order valence-electron chi connectivity index (χ4n) is 2.33. The van der Waals surface area contributed by atoms with Crippen molar-refractivity contribution in [2.45, 2.75) is 6.92 Å². The largest absolute Gasteiger partial charge is 0.399 e. The minimum atomic E-state index is 0.741. The van der Waals surface area contributed by atoms with Gasteiger partial charge < -0.3 is 11.1 Å². The molecule has 1 aromatic carbocycles. The summed E-state index contributed by atoms with van der Waals surface area (Å²) >= 11 is 0. The van der Waals surface area contributed by atoms with Crippen LogP contribution in [0.4, 0.5) is 11.5 Å². The Hall–Kier alpha value is -2.95. The normalized spacial score (nSPS) is 10.5. The maximum absolute atomic E-state index is 5.90. The van der Waals surface area contributed by atoms with Crippen molar-refractivity contribution in [1.29, 1.82) is 0 Å². The summed E-state index contributed by atoms with van der Waals surface area (Å²) in [5.74, 6) is 0.774. The van der Waals surface area contributed by atoms with Gasteiger partial charge in [0, 0.05) is 42.3 Å². The second-order valence-corrected chi connectivity index (χ2v) is 5.08. The molecular weight excluding hydrogens is 274 g/mol. The number of hydrogen-bond acceptors (Lipinski definition) is 5. The zero-order chi connectivity index (χ0) is 15.5. The minimum absolute atomic E-state index is 0.741. The number of anilines is 2. The van der Waals surface area contributed by atoms with Gasteiger partial charge in [0.1, 0.15) is 12.1 Å². The summed E-state index contributed by atoms with van der Waals surface area (Å²) in [7, 11) is 1.83. The third kappa shape index (κ3) is 2.74. The van der Waals surface area contributed by atoms with E-state index < -0.39 is 0 Å². The number of nitrogen functional groups attached to an aromatic ring is 1. The molecule has 0 aliphatic rings. The SMILES string of the molecule is CNc1cc(-c2cncc(-c3cc(N)ccc3C)c2)ncn1. The van der Waals surface area contributed by atoms with Crippen molar-refractivity contribution in [1.82, 2.24) is 15.0 Å². The first-order valence-electron chi connectivity index (χ1n) is 6.99. The van der Waals surface area contributed by atoms with E-state index in [0.29, 0.717) is 0 Å². The van der Waals surface area contributed by atoms with Crippen molar-refractivity contribution in [3.8, 4) is 22.4 Å². The number of nitrogens with two attached hydrogens (primary N) is 1. The van der Waals surface area contributed by atoms with Crippen molar-refractivity contribution >= 4 is 11.5 Å². The summed E-state index contributed by atoms with van der Waals surface area (Å²) < 4.78 is 0. The number of pyridine rings is 1. The van der Waals surface area contributed by atoms with E-state index in [0.717, 1.165) is 39.5 Å². The zero-order valence-electron chi connectivity index (χ0n) is 12.5. The summed E-state index contributed by atoms with van der Waals surface area (Å²) in [5.41, 5.74) is 11.7. The van der Waals surface area contributed by atoms with Gasteiger partial charge in [0.05, 0.1) is 5.69 Å². The Morgan fingerprint density at radius 3 is 2.64 bits per heavy atom. The van der Waals surface area contributed by atoms with Gasteiger partial charge in [-0.1, -0.05) is 6.07 Å². The van der Waals surface area contributed by atoms with Gasteiger partial charge in [-0.25, -0.2) is 9.97 Å². The fourth-order valence-corrected chi connectivity index (χ4v) is 2.33. The van der Waals surface area contributed by atoms with E-state index in [1.807, 2.05) is 37.5 Å². The standard InChI is InChI=1S/C17H17N5/c1-11-3-4-14(18)6-15(11)12-5-13(9-20-8-12)16-7-17(19-2)22-10-21-16/h3-10H,18H2,1-2H3,(H,19,21,22). The Kier molecular flexibility index (Phi) is 3.70. The van der Waals surface area contributed by atoms with Crippen LogP contribution in [0.25, 0.3) is 22.4 Å². The Morgan fingerprint density at radius 2 is 1.82 bits per heavy atom. The highest BCUT2D eigenvalue weighted by molar-refractivity contribution is 5.74. The van der Waals surface area contributed by atoms with E-state index in [4.69, 9.17) is 5.73 Å². The average Bonchev–Trinajstić information content (AvgIpc) is 2.57. The first-order chi connectivity index (χ1) is 10.7. The molecule has 0 unspecified atom stereocenters. The maximum Gasteiger partial charge on any atom is 0.129 e. The van der Waals surface area contributed by atoms with E-state index in [9.17, 15) is 0 Å². The molecule has 0 saturated carbocycles. The van der Waals surface area contributed by atoms with Crippen LogP contribution >= 0.6 is 0 Å². The number of benzene rings is 1. The molecule has 3 N–H and O–H groups in total. The van der Waals surface area contributed by atoms with Crippen molar-refractivity contribution in [2.24, 2.45) is 0 Å².